The van der Waals surface area contributed by atoms with Gasteiger partial charge in [-0.2, -0.15) is 8.42 Å². The van der Waals surface area contributed by atoms with E-state index in [-0.39, 0.29) is 46.6 Å². The number of rotatable bonds is 10. The number of carbonyl (C=O) groups excluding carboxylic acids is 1. The third-order valence-corrected chi connectivity index (χ3v) is 10.4. The SMILES string of the molecule is COC(=O)c1cc([C+](c2ccc(Nc3c(C)cc(N)cc3C)c(C)c2)c2ccc(S(=O)(=O)[O-])cc2S(=O)(=O)O)ccc1Nc1c(C)cc(N)cc1C.[Na+]. The quantitative estimate of drug-likeness (QED) is 0.0343. The zero-order valence-electron chi connectivity index (χ0n) is 30.3. The second-order valence-corrected chi connectivity index (χ2v) is 15.3. The van der Waals surface area contributed by atoms with E-state index in [1.54, 1.807) is 42.5 Å². The first-order valence-corrected chi connectivity index (χ1v) is 18.7. The summed E-state index contributed by atoms with van der Waals surface area (Å²) >= 11 is 0. The predicted octanol–water partition coefficient (Wildman–Crippen LogP) is 3.84. The summed E-state index contributed by atoms with van der Waals surface area (Å²) < 4.78 is 76.9. The predicted molar refractivity (Wildman–Crippen MR) is 201 cm³/mol. The van der Waals surface area contributed by atoms with Gasteiger partial charge in [-0.05, 0) is 129 Å². The Bertz CT molecular complexity index is 2420. The number of hydrogen-bond acceptors (Lipinski definition) is 11. The summed E-state index contributed by atoms with van der Waals surface area (Å²) in [6, 6.07) is 20.0. The third kappa shape index (κ3) is 8.99. The van der Waals surface area contributed by atoms with Crippen LogP contribution >= 0.6 is 0 Å². The van der Waals surface area contributed by atoms with E-state index in [4.69, 9.17) is 16.2 Å². The molecule has 7 N–H and O–H groups in total. The molecule has 270 valence electrons. The van der Waals surface area contributed by atoms with Gasteiger partial charge in [0.05, 0.1) is 46.0 Å². The van der Waals surface area contributed by atoms with Crippen LogP contribution in [0.25, 0.3) is 0 Å². The molecule has 0 aliphatic carbocycles. The van der Waals surface area contributed by atoms with Gasteiger partial charge in [0.25, 0.3) is 0 Å². The maximum atomic E-state index is 13.3. The van der Waals surface area contributed by atoms with Crippen molar-refractivity contribution in [1.29, 1.82) is 0 Å². The molecule has 0 aliphatic rings. The molecule has 0 heterocycles. The number of benzene rings is 5. The number of esters is 1. The van der Waals surface area contributed by atoms with Crippen molar-refractivity contribution in [3.8, 4) is 0 Å². The Balaban J connectivity index is 0.00000627. The molecule has 0 fully saturated rings. The number of anilines is 6. The topological polar surface area (TPSA) is 214 Å². The molecule has 12 nitrogen and oxygen atoms in total. The van der Waals surface area contributed by atoms with Crippen LogP contribution in [0.4, 0.5) is 34.1 Å². The third-order valence-electron chi connectivity index (χ3n) is 8.65. The van der Waals surface area contributed by atoms with Crippen molar-refractivity contribution in [2.75, 3.05) is 29.2 Å². The molecule has 0 bridgehead atoms. The second-order valence-electron chi connectivity index (χ2n) is 12.6. The Morgan fingerprint density at radius 1 is 0.698 bits per heavy atom. The molecule has 53 heavy (non-hydrogen) atoms. The molecule has 0 saturated carbocycles. The molecule has 0 aromatic heterocycles. The maximum Gasteiger partial charge on any atom is 1.00 e. The maximum absolute atomic E-state index is 13.3. The second kappa shape index (κ2) is 15.8. The van der Waals surface area contributed by atoms with E-state index in [0.717, 1.165) is 51.3 Å². The van der Waals surface area contributed by atoms with E-state index in [0.29, 0.717) is 39.9 Å². The van der Waals surface area contributed by atoms with Gasteiger partial charge < -0.3 is 31.4 Å². The van der Waals surface area contributed by atoms with Gasteiger partial charge in [0, 0.05) is 34.9 Å². The van der Waals surface area contributed by atoms with E-state index >= 15 is 0 Å². The molecule has 0 saturated heterocycles. The number of ether oxygens (including phenoxy) is 1. The summed E-state index contributed by atoms with van der Waals surface area (Å²) in [5, 5.41) is 6.73. The van der Waals surface area contributed by atoms with Gasteiger partial charge in [0.15, 0.2) is 0 Å². The number of aryl methyl sites for hydroxylation is 5. The molecule has 0 radical (unpaired) electrons. The Morgan fingerprint density at radius 3 is 1.62 bits per heavy atom. The Labute approximate surface area is 331 Å². The molecular formula is C38H38N4NaO8S2+. The monoisotopic (exact) mass is 765 g/mol. The van der Waals surface area contributed by atoms with Gasteiger partial charge in [0.1, 0.15) is 20.6 Å². The van der Waals surface area contributed by atoms with Crippen LogP contribution in [-0.4, -0.2) is 39.0 Å². The zero-order valence-corrected chi connectivity index (χ0v) is 33.9. The van der Waals surface area contributed by atoms with Gasteiger partial charge >= 0.3 is 45.6 Å². The molecule has 5 rings (SSSR count). The molecule has 0 atom stereocenters. The van der Waals surface area contributed by atoms with Crippen molar-refractivity contribution in [2.45, 2.75) is 44.4 Å². The van der Waals surface area contributed by atoms with Crippen molar-refractivity contribution in [2.24, 2.45) is 0 Å². The van der Waals surface area contributed by atoms with Gasteiger partial charge in [-0.1, -0.05) is 0 Å². The van der Waals surface area contributed by atoms with E-state index in [1.165, 1.54) is 13.2 Å². The molecular weight excluding hydrogens is 728 g/mol. The van der Waals surface area contributed by atoms with Crippen molar-refractivity contribution in [3.05, 3.63) is 135 Å². The van der Waals surface area contributed by atoms with Crippen LogP contribution in [0.2, 0.25) is 0 Å². The zero-order chi connectivity index (χ0) is 38.3. The summed E-state index contributed by atoms with van der Waals surface area (Å²) in [6.45, 7) is 9.42. The number of nitrogen functional groups attached to an aromatic ring is 2. The van der Waals surface area contributed by atoms with E-state index < -0.39 is 36.0 Å². The number of methoxy groups -OCH3 is 1. The molecule has 5 aromatic rings. The Kier molecular flexibility index (Phi) is 12.3. The molecule has 0 amide bonds. The van der Waals surface area contributed by atoms with Crippen LogP contribution in [0, 0.1) is 40.5 Å². The van der Waals surface area contributed by atoms with Gasteiger partial charge in [-0.3, -0.25) is 4.55 Å². The summed E-state index contributed by atoms with van der Waals surface area (Å²) in [4.78, 5) is 11.6. The average Bonchev–Trinajstić information content (AvgIpc) is 3.04. The van der Waals surface area contributed by atoms with Crippen LogP contribution in [0.3, 0.4) is 0 Å². The fourth-order valence-corrected chi connectivity index (χ4v) is 7.56. The van der Waals surface area contributed by atoms with Crippen molar-refractivity contribution in [3.63, 3.8) is 0 Å². The number of nitrogens with one attached hydrogen (secondary N) is 2. The van der Waals surface area contributed by atoms with Crippen molar-refractivity contribution >= 4 is 60.3 Å². The summed E-state index contributed by atoms with van der Waals surface area (Å²) in [6.07, 6.45) is 0. The average molecular weight is 766 g/mol. The van der Waals surface area contributed by atoms with Crippen LogP contribution in [0.1, 0.15) is 54.9 Å². The number of carbonyl (C=O) groups is 1. The first-order valence-electron chi connectivity index (χ1n) is 15.8. The Morgan fingerprint density at radius 2 is 1.17 bits per heavy atom. The first-order chi connectivity index (χ1) is 24.3. The number of nitrogens with two attached hydrogens (primary N) is 2. The van der Waals surface area contributed by atoms with Crippen LogP contribution in [0.5, 0.6) is 0 Å². The van der Waals surface area contributed by atoms with Crippen molar-refractivity contribution in [1.82, 2.24) is 0 Å². The molecule has 15 heteroatoms. The summed E-state index contributed by atoms with van der Waals surface area (Å²) in [5.74, 6) is -0.504. The van der Waals surface area contributed by atoms with E-state index in [9.17, 15) is 30.7 Å². The van der Waals surface area contributed by atoms with Gasteiger partial charge in [-0.25, -0.2) is 13.2 Å². The molecule has 0 unspecified atom stereocenters. The summed E-state index contributed by atoms with van der Waals surface area (Å²) in [5.41, 5.74) is 20.8. The summed E-state index contributed by atoms with van der Waals surface area (Å²) in [7, 11) is -8.98. The van der Waals surface area contributed by atoms with Crippen LogP contribution in [-0.2, 0) is 25.0 Å². The minimum absolute atomic E-state index is 0. The van der Waals surface area contributed by atoms with E-state index in [1.807, 2.05) is 46.8 Å². The van der Waals surface area contributed by atoms with Crippen LogP contribution in [0.15, 0.2) is 88.7 Å². The largest absolute Gasteiger partial charge is 1.00 e. The van der Waals surface area contributed by atoms with Gasteiger partial charge in [-0.15, -0.1) is 0 Å². The first kappa shape index (κ1) is 41.2. The minimum Gasteiger partial charge on any atom is -0.744 e. The standard InChI is InChI=1S/C38H38N4O8S2.Na/c1-20-13-25(7-11-32(20)41-36-21(2)14-27(39)15-22(36)3)35(30-10-9-29(51(44,45)46)19-34(30)52(47,48)49)26-8-12-33(31(18-26)38(43)50-6)42-37-23(4)16-28(40)17-24(37)5;/h7-19,41H,39-40H2,1-6H3,(H2-,42,43,44,45,46,47,48,49);/q;+1. The van der Waals surface area contributed by atoms with E-state index in [2.05, 4.69) is 10.6 Å². The molecule has 0 spiro atoms. The van der Waals surface area contributed by atoms with Crippen LogP contribution < -0.4 is 51.7 Å². The molecule has 0 aliphatic heterocycles. The number of hydrogen-bond donors (Lipinski definition) is 5. The fourth-order valence-electron chi connectivity index (χ4n) is 6.26. The minimum atomic E-state index is -5.10. The van der Waals surface area contributed by atoms with Crippen molar-refractivity contribution < 1.29 is 65.0 Å². The van der Waals surface area contributed by atoms with Gasteiger partial charge in [0.2, 0.25) is 0 Å². The fraction of sp³-hybridized carbons (Fsp3) is 0.158. The normalized spacial score (nSPS) is 11.4. The molecule has 5 aromatic carbocycles. The smallest absolute Gasteiger partial charge is 0.744 e. The Hall–Kier alpha value is -4.54.